The summed E-state index contributed by atoms with van der Waals surface area (Å²) in [5, 5.41) is 15.8. The van der Waals surface area contributed by atoms with Gasteiger partial charge in [-0.05, 0) is 30.5 Å². The molecule has 0 saturated heterocycles. The van der Waals surface area contributed by atoms with Crippen LogP contribution in [0.5, 0.6) is 0 Å². The second-order valence-corrected chi connectivity index (χ2v) is 6.29. The number of rotatable bonds is 4. The third-order valence-electron chi connectivity index (χ3n) is 3.63. The number of hydrogen-bond acceptors (Lipinski definition) is 5. The van der Waals surface area contributed by atoms with Gasteiger partial charge in [0.2, 0.25) is 5.82 Å². The van der Waals surface area contributed by atoms with Gasteiger partial charge in [0.05, 0.1) is 28.1 Å². The summed E-state index contributed by atoms with van der Waals surface area (Å²) in [4.78, 5) is 17.9. The van der Waals surface area contributed by atoms with Crippen LogP contribution < -0.4 is 5.32 Å². The molecule has 2 N–H and O–H groups in total. The van der Waals surface area contributed by atoms with Crippen molar-refractivity contribution in [2.75, 3.05) is 5.32 Å². The van der Waals surface area contributed by atoms with Gasteiger partial charge >= 0.3 is 0 Å². The number of aromatic nitrogens is 5. The molecule has 3 aromatic heterocycles. The number of para-hydroxylation sites is 1. The van der Waals surface area contributed by atoms with Crippen molar-refractivity contribution in [3.8, 4) is 16.4 Å². The van der Waals surface area contributed by atoms with E-state index in [1.54, 1.807) is 22.2 Å². The topological polar surface area (TPSA) is 88.5 Å². The highest BCUT2D eigenvalue weighted by Crippen LogP contribution is 2.25. The van der Waals surface area contributed by atoms with E-state index in [9.17, 15) is 4.79 Å². The third-order valence-corrected chi connectivity index (χ3v) is 4.50. The normalized spacial score (nSPS) is 10.8. The molecule has 25 heavy (non-hydrogen) atoms. The number of aromatic amines is 1. The van der Waals surface area contributed by atoms with Crippen molar-refractivity contribution in [2.45, 2.75) is 6.92 Å². The number of hydrogen-bond donors (Lipinski definition) is 2. The minimum atomic E-state index is -0.378. The van der Waals surface area contributed by atoms with E-state index in [4.69, 9.17) is 0 Å². The van der Waals surface area contributed by atoms with Crippen LogP contribution in [0.15, 0.2) is 54.0 Å². The van der Waals surface area contributed by atoms with Crippen molar-refractivity contribution in [1.29, 1.82) is 0 Å². The van der Waals surface area contributed by atoms with Gasteiger partial charge in [0, 0.05) is 0 Å². The average Bonchev–Trinajstić information content (AvgIpc) is 3.36. The number of H-pyrrole nitrogens is 1. The van der Waals surface area contributed by atoms with Gasteiger partial charge in [-0.15, -0.1) is 16.4 Å². The molecule has 0 saturated carbocycles. The Morgan fingerprint density at radius 2 is 2.04 bits per heavy atom. The predicted molar refractivity (Wildman–Crippen MR) is 95.9 cm³/mol. The van der Waals surface area contributed by atoms with Gasteiger partial charge in [-0.1, -0.05) is 24.3 Å². The fourth-order valence-electron chi connectivity index (χ4n) is 2.38. The molecule has 4 rings (SSSR count). The van der Waals surface area contributed by atoms with Gasteiger partial charge in [0.25, 0.3) is 5.91 Å². The molecule has 8 heteroatoms. The molecule has 0 unspecified atom stereocenters. The van der Waals surface area contributed by atoms with Crippen molar-refractivity contribution < 1.29 is 4.79 Å². The van der Waals surface area contributed by atoms with E-state index < -0.39 is 0 Å². The Morgan fingerprint density at radius 3 is 2.72 bits per heavy atom. The molecular formula is C17H14N6OS. The first-order valence-corrected chi connectivity index (χ1v) is 8.48. The number of benzene rings is 1. The Balaban J connectivity index is 1.75. The molecule has 1 amide bonds. The maximum atomic E-state index is 12.5. The molecule has 0 atom stereocenters. The number of aryl methyl sites for hydroxylation is 1. The molecule has 7 nitrogen and oxygen atoms in total. The first-order valence-electron chi connectivity index (χ1n) is 7.60. The Morgan fingerprint density at radius 1 is 1.20 bits per heavy atom. The maximum absolute atomic E-state index is 12.5. The van der Waals surface area contributed by atoms with Crippen molar-refractivity contribution in [1.82, 2.24) is 25.0 Å². The van der Waals surface area contributed by atoms with E-state index in [1.807, 2.05) is 54.8 Å². The molecule has 0 aliphatic heterocycles. The zero-order valence-corrected chi connectivity index (χ0v) is 14.1. The largest absolute Gasteiger partial charge is 0.316 e. The molecule has 0 aliphatic carbocycles. The second kappa shape index (κ2) is 6.33. The lowest BCUT2D eigenvalue weighted by atomic mass is 10.3. The second-order valence-electron chi connectivity index (χ2n) is 5.35. The van der Waals surface area contributed by atoms with Crippen molar-refractivity contribution in [3.63, 3.8) is 0 Å². The zero-order chi connectivity index (χ0) is 17.2. The Bertz CT molecular complexity index is 1000. The summed E-state index contributed by atoms with van der Waals surface area (Å²) in [6, 6.07) is 13.5. The van der Waals surface area contributed by atoms with Gasteiger partial charge in [-0.2, -0.15) is 5.10 Å². The Kier molecular flexibility index (Phi) is 3.87. The fraction of sp³-hybridized carbons (Fsp3) is 0.0588. The van der Waals surface area contributed by atoms with Crippen LogP contribution in [0.1, 0.15) is 16.3 Å². The van der Waals surface area contributed by atoms with Crippen LogP contribution in [0.2, 0.25) is 0 Å². The molecule has 4 aromatic rings. The Labute approximate surface area is 147 Å². The number of nitrogens with zero attached hydrogens (tertiary/aromatic N) is 4. The molecule has 0 radical (unpaired) electrons. The number of carbonyl (C=O) groups is 1. The first-order chi connectivity index (χ1) is 12.2. The zero-order valence-electron chi connectivity index (χ0n) is 13.3. The van der Waals surface area contributed by atoms with E-state index >= 15 is 0 Å². The van der Waals surface area contributed by atoms with Gasteiger partial charge in [0.1, 0.15) is 0 Å². The minimum Gasteiger partial charge on any atom is -0.316 e. The molecule has 124 valence electrons. The van der Waals surface area contributed by atoms with E-state index in [0.717, 1.165) is 16.3 Å². The van der Waals surface area contributed by atoms with Crippen LogP contribution >= 0.6 is 11.3 Å². The minimum absolute atomic E-state index is 0.104. The van der Waals surface area contributed by atoms with Gasteiger partial charge in [-0.3, -0.25) is 9.89 Å². The quantitative estimate of drug-likeness (QED) is 0.591. The van der Waals surface area contributed by atoms with Crippen LogP contribution in [0, 0.1) is 6.92 Å². The van der Waals surface area contributed by atoms with E-state index in [2.05, 4.69) is 25.6 Å². The van der Waals surface area contributed by atoms with Crippen molar-refractivity contribution in [3.05, 3.63) is 65.6 Å². The summed E-state index contributed by atoms with van der Waals surface area (Å²) in [6.07, 6.45) is 1.56. The lowest BCUT2D eigenvalue weighted by Gasteiger charge is -2.03. The predicted octanol–water partition coefficient (Wildman–Crippen LogP) is 3.28. The average molecular weight is 350 g/mol. The van der Waals surface area contributed by atoms with E-state index in [0.29, 0.717) is 11.5 Å². The highest BCUT2D eigenvalue weighted by atomic mass is 32.1. The number of thiophene rings is 1. The van der Waals surface area contributed by atoms with Crippen LogP contribution in [-0.4, -0.2) is 30.9 Å². The monoisotopic (exact) mass is 350 g/mol. The molecular weight excluding hydrogens is 336 g/mol. The summed E-state index contributed by atoms with van der Waals surface area (Å²) < 4.78 is 1.68. The highest BCUT2D eigenvalue weighted by molar-refractivity contribution is 7.13. The summed E-state index contributed by atoms with van der Waals surface area (Å²) in [6.45, 7) is 1.83. The summed E-state index contributed by atoms with van der Waals surface area (Å²) in [5.41, 5.74) is 2.23. The number of nitrogens with one attached hydrogen (secondary N) is 2. The van der Waals surface area contributed by atoms with E-state index in [1.165, 1.54) is 0 Å². The van der Waals surface area contributed by atoms with Crippen LogP contribution in [0.3, 0.4) is 0 Å². The number of anilines is 1. The standard InChI is InChI=1S/C17H14N6OS/c1-11-13(10-18-21-11)19-17(24)15-20-16(14-8-5-9-25-14)23(22-15)12-6-3-2-4-7-12/h2-10H,1H3,(H,18,21)(H,19,24). The lowest BCUT2D eigenvalue weighted by molar-refractivity contribution is 0.101. The molecule has 0 bridgehead atoms. The fourth-order valence-corrected chi connectivity index (χ4v) is 3.08. The Hall–Kier alpha value is -3.26. The molecule has 0 spiro atoms. The summed E-state index contributed by atoms with van der Waals surface area (Å²) >= 11 is 1.55. The van der Waals surface area contributed by atoms with Crippen LogP contribution in [-0.2, 0) is 0 Å². The highest BCUT2D eigenvalue weighted by Gasteiger charge is 2.20. The van der Waals surface area contributed by atoms with Crippen molar-refractivity contribution >= 4 is 22.9 Å². The first kappa shape index (κ1) is 15.3. The third kappa shape index (κ3) is 2.94. The summed E-state index contributed by atoms with van der Waals surface area (Å²) in [5.74, 6) is 0.361. The van der Waals surface area contributed by atoms with Gasteiger partial charge < -0.3 is 5.32 Å². The lowest BCUT2D eigenvalue weighted by Crippen LogP contribution is -2.14. The maximum Gasteiger partial charge on any atom is 0.295 e. The number of carbonyl (C=O) groups excluding carboxylic acids is 1. The van der Waals surface area contributed by atoms with Gasteiger partial charge in [-0.25, -0.2) is 9.67 Å². The molecule has 3 heterocycles. The molecule has 0 fully saturated rings. The molecule has 0 aliphatic rings. The number of amides is 1. The molecule has 1 aromatic carbocycles. The van der Waals surface area contributed by atoms with Crippen molar-refractivity contribution in [2.24, 2.45) is 0 Å². The van der Waals surface area contributed by atoms with Crippen LogP contribution in [0.4, 0.5) is 5.69 Å². The smallest absolute Gasteiger partial charge is 0.295 e. The SMILES string of the molecule is Cc1[nH]ncc1NC(=O)c1nc(-c2cccs2)n(-c2ccccc2)n1. The summed E-state index contributed by atoms with van der Waals surface area (Å²) in [7, 11) is 0. The van der Waals surface area contributed by atoms with Crippen LogP contribution in [0.25, 0.3) is 16.4 Å². The van der Waals surface area contributed by atoms with Gasteiger partial charge in [0.15, 0.2) is 5.82 Å². The van der Waals surface area contributed by atoms with E-state index in [-0.39, 0.29) is 11.7 Å².